The predicted molar refractivity (Wildman–Crippen MR) is 120 cm³/mol. The Bertz CT molecular complexity index is 1200. The molecule has 1 amide bonds. The highest BCUT2D eigenvalue weighted by atomic mass is 32.1. The van der Waals surface area contributed by atoms with E-state index in [9.17, 15) is 14.0 Å². The number of aryl methyl sites for hydroxylation is 2. The minimum atomic E-state index is -0.419. The maximum absolute atomic E-state index is 13.6. The average molecular weight is 441 g/mol. The van der Waals surface area contributed by atoms with E-state index in [1.165, 1.54) is 21.6 Å². The van der Waals surface area contributed by atoms with Gasteiger partial charge in [-0.25, -0.2) is 9.37 Å². The third-order valence-corrected chi connectivity index (χ3v) is 7.31. The smallest absolute Gasteiger partial charge is 0.263 e. The Balaban J connectivity index is 1.52. The van der Waals surface area contributed by atoms with Gasteiger partial charge in [0.2, 0.25) is 5.91 Å². The number of carbonyl (C=O) groups excluding carboxylic acids is 1. The first-order valence-corrected chi connectivity index (χ1v) is 11.7. The number of carbonyl (C=O) groups is 1. The molecule has 1 aromatic carbocycles. The van der Waals surface area contributed by atoms with E-state index in [1.807, 2.05) is 0 Å². The molecule has 162 valence electrons. The van der Waals surface area contributed by atoms with Crippen LogP contribution in [0.25, 0.3) is 10.2 Å². The Morgan fingerprint density at radius 2 is 1.97 bits per heavy atom. The number of benzene rings is 1. The van der Waals surface area contributed by atoms with E-state index in [1.54, 1.807) is 23.5 Å². The fourth-order valence-electron chi connectivity index (χ4n) is 4.62. The summed E-state index contributed by atoms with van der Waals surface area (Å²) in [4.78, 5) is 35.6. The molecule has 1 aliphatic carbocycles. The fourth-order valence-corrected chi connectivity index (χ4v) is 5.89. The van der Waals surface area contributed by atoms with Gasteiger partial charge < -0.3 is 5.32 Å². The summed E-state index contributed by atoms with van der Waals surface area (Å²) < 4.78 is 15.0. The van der Waals surface area contributed by atoms with Crippen LogP contribution < -0.4 is 10.9 Å². The first kappa shape index (κ1) is 20.3. The number of anilines is 1. The topological polar surface area (TPSA) is 67.2 Å². The highest BCUT2D eigenvalue weighted by molar-refractivity contribution is 7.18. The van der Waals surface area contributed by atoms with E-state index in [-0.39, 0.29) is 18.0 Å². The fraction of sp³-hybridized carbons (Fsp3) is 0.435. The number of hydrogen-bond donors (Lipinski definition) is 1. The average Bonchev–Trinajstić information content (AvgIpc) is 3.38. The molecule has 8 heteroatoms. The van der Waals surface area contributed by atoms with Gasteiger partial charge in [0.1, 0.15) is 23.0 Å². The van der Waals surface area contributed by atoms with Crippen LogP contribution in [0.2, 0.25) is 0 Å². The van der Waals surface area contributed by atoms with Gasteiger partial charge in [-0.1, -0.05) is 6.07 Å². The molecule has 1 saturated heterocycles. The number of aromatic nitrogens is 2. The minimum absolute atomic E-state index is 0.131. The monoisotopic (exact) mass is 440 g/mol. The van der Waals surface area contributed by atoms with Crippen molar-refractivity contribution in [3.63, 3.8) is 0 Å². The van der Waals surface area contributed by atoms with Gasteiger partial charge in [-0.3, -0.25) is 19.1 Å². The van der Waals surface area contributed by atoms with Crippen LogP contribution in [-0.2, 0) is 30.7 Å². The lowest BCUT2D eigenvalue weighted by Gasteiger charge is -2.18. The van der Waals surface area contributed by atoms with Gasteiger partial charge in [-0.2, -0.15) is 0 Å². The van der Waals surface area contributed by atoms with E-state index in [2.05, 4.69) is 10.2 Å². The molecule has 0 spiro atoms. The summed E-state index contributed by atoms with van der Waals surface area (Å²) in [5.41, 5.74) is 1.37. The van der Waals surface area contributed by atoms with Gasteiger partial charge >= 0.3 is 0 Å². The van der Waals surface area contributed by atoms with E-state index in [0.717, 1.165) is 62.0 Å². The van der Waals surface area contributed by atoms with Gasteiger partial charge in [0.15, 0.2) is 0 Å². The maximum Gasteiger partial charge on any atom is 0.263 e. The Morgan fingerprint density at radius 3 is 2.77 bits per heavy atom. The summed E-state index contributed by atoms with van der Waals surface area (Å²) in [5, 5.41) is 3.39. The van der Waals surface area contributed by atoms with Crippen LogP contribution >= 0.6 is 11.3 Å². The molecule has 31 heavy (non-hydrogen) atoms. The Hall–Kier alpha value is -2.58. The molecule has 0 unspecified atom stereocenters. The molecule has 1 fully saturated rings. The van der Waals surface area contributed by atoms with Crippen molar-refractivity contribution in [2.75, 3.05) is 18.4 Å². The summed E-state index contributed by atoms with van der Waals surface area (Å²) in [7, 11) is 0. The third kappa shape index (κ3) is 4.14. The zero-order valence-electron chi connectivity index (χ0n) is 17.3. The van der Waals surface area contributed by atoms with E-state index >= 15 is 0 Å². The lowest BCUT2D eigenvalue weighted by molar-refractivity contribution is -0.116. The standard InChI is InChI=1S/C23H25FN4O2S/c24-15-6-5-7-16(12-15)25-20(29)14-28-19(13-27-10-3-4-11-27)26-22-21(23(28)30)17-8-1-2-9-18(17)31-22/h5-7,12H,1-4,8-11,13-14H2,(H,25,29). The number of rotatable bonds is 5. The van der Waals surface area contributed by atoms with Crippen LogP contribution in [0.15, 0.2) is 29.1 Å². The number of likely N-dealkylation sites (tertiary alicyclic amines) is 1. The molecular formula is C23H25FN4O2S. The summed E-state index contributed by atoms with van der Waals surface area (Å²) in [5.74, 6) is -0.148. The normalized spacial score (nSPS) is 16.5. The van der Waals surface area contributed by atoms with Crippen molar-refractivity contribution >= 4 is 33.1 Å². The highest BCUT2D eigenvalue weighted by Crippen LogP contribution is 2.34. The number of amides is 1. The molecule has 1 N–H and O–H groups in total. The Kier molecular flexibility index (Phi) is 5.58. The van der Waals surface area contributed by atoms with E-state index in [4.69, 9.17) is 4.98 Å². The van der Waals surface area contributed by atoms with Crippen molar-refractivity contribution in [1.82, 2.24) is 14.5 Å². The van der Waals surface area contributed by atoms with Crippen LogP contribution in [0.1, 0.15) is 41.9 Å². The number of thiophene rings is 1. The molecule has 3 aromatic rings. The summed E-state index contributed by atoms with van der Waals surface area (Å²) in [6.07, 6.45) is 6.39. The largest absolute Gasteiger partial charge is 0.324 e. The number of nitrogens with one attached hydrogen (secondary N) is 1. The molecular weight excluding hydrogens is 415 g/mol. The van der Waals surface area contributed by atoms with Gasteiger partial charge in [0, 0.05) is 10.6 Å². The molecule has 0 atom stereocenters. The zero-order chi connectivity index (χ0) is 21.4. The Morgan fingerprint density at radius 1 is 1.16 bits per heavy atom. The van der Waals surface area contributed by atoms with Crippen molar-refractivity contribution in [3.05, 3.63) is 56.7 Å². The second kappa shape index (κ2) is 8.51. The molecule has 0 radical (unpaired) electrons. The van der Waals surface area contributed by atoms with Gasteiger partial charge in [-0.05, 0) is 75.4 Å². The quantitative estimate of drug-likeness (QED) is 0.657. The molecule has 0 saturated carbocycles. The molecule has 6 nitrogen and oxygen atoms in total. The van der Waals surface area contributed by atoms with E-state index in [0.29, 0.717) is 23.4 Å². The third-order valence-electron chi connectivity index (χ3n) is 6.13. The summed E-state index contributed by atoms with van der Waals surface area (Å²) >= 11 is 1.63. The number of nitrogens with zero attached hydrogens (tertiary/aromatic N) is 3. The van der Waals surface area contributed by atoms with Crippen LogP contribution in [0.4, 0.5) is 10.1 Å². The second-order valence-corrected chi connectivity index (χ2v) is 9.44. The SMILES string of the molecule is O=C(Cn1c(CN2CCCC2)nc2sc3c(c2c1=O)CCCC3)Nc1cccc(F)c1. The van der Waals surface area contributed by atoms with Crippen LogP contribution in [0.3, 0.4) is 0 Å². The predicted octanol–water partition coefficient (Wildman–Crippen LogP) is 3.71. The molecule has 3 heterocycles. The first-order chi connectivity index (χ1) is 15.1. The first-order valence-electron chi connectivity index (χ1n) is 10.9. The van der Waals surface area contributed by atoms with Gasteiger partial charge in [0.25, 0.3) is 5.56 Å². The van der Waals surface area contributed by atoms with Crippen molar-refractivity contribution in [3.8, 4) is 0 Å². The lowest BCUT2D eigenvalue weighted by Crippen LogP contribution is -2.33. The molecule has 0 bridgehead atoms. The van der Waals surface area contributed by atoms with Crippen LogP contribution in [-0.4, -0.2) is 33.4 Å². The zero-order valence-corrected chi connectivity index (χ0v) is 18.1. The highest BCUT2D eigenvalue weighted by Gasteiger charge is 2.24. The maximum atomic E-state index is 13.6. The van der Waals surface area contributed by atoms with Crippen LogP contribution in [0.5, 0.6) is 0 Å². The van der Waals surface area contributed by atoms with Crippen molar-refractivity contribution in [1.29, 1.82) is 0 Å². The Labute approximate surface area is 183 Å². The molecule has 2 aromatic heterocycles. The molecule has 2 aliphatic rings. The second-order valence-electron chi connectivity index (χ2n) is 8.35. The number of halogens is 1. The summed E-state index contributed by atoms with van der Waals surface area (Å²) in [6.45, 7) is 2.38. The number of fused-ring (bicyclic) bond motifs is 3. The van der Waals surface area contributed by atoms with Gasteiger partial charge in [0.05, 0.1) is 11.9 Å². The lowest BCUT2D eigenvalue weighted by atomic mass is 9.97. The number of hydrogen-bond acceptors (Lipinski definition) is 5. The molecule has 1 aliphatic heterocycles. The molecule has 5 rings (SSSR count). The minimum Gasteiger partial charge on any atom is -0.324 e. The van der Waals surface area contributed by atoms with Gasteiger partial charge in [-0.15, -0.1) is 11.3 Å². The van der Waals surface area contributed by atoms with Crippen LogP contribution in [0, 0.1) is 5.82 Å². The van der Waals surface area contributed by atoms with Crippen molar-refractivity contribution in [2.45, 2.75) is 51.6 Å². The van der Waals surface area contributed by atoms with Crippen molar-refractivity contribution < 1.29 is 9.18 Å². The summed E-state index contributed by atoms with van der Waals surface area (Å²) in [6, 6.07) is 5.77. The van der Waals surface area contributed by atoms with E-state index < -0.39 is 5.82 Å². The van der Waals surface area contributed by atoms with Crippen molar-refractivity contribution in [2.24, 2.45) is 0 Å².